The van der Waals surface area contributed by atoms with Crippen molar-refractivity contribution >= 4 is 10.8 Å². The van der Waals surface area contributed by atoms with E-state index in [1.807, 2.05) is 0 Å². The number of benzene rings is 2. The molecule has 1 unspecified atom stereocenters. The van der Waals surface area contributed by atoms with E-state index in [0.29, 0.717) is 6.04 Å². The second-order valence-electron chi connectivity index (χ2n) is 4.69. The van der Waals surface area contributed by atoms with Gasteiger partial charge in [-0.1, -0.05) is 43.3 Å². The maximum Gasteiger partial charge on any atom is 0.0297 e. The summed E-state index contributed by atoms with van der Waals surface area (Å²) in [6.07, 6.45) is 1.17. The van der Waals surface area contributed by atoms with E-state index in [1.54, 1.807) is 0 Å². The van der Waals surface area contributed by atoms with E-state index in [1.165, 1.54) is 28.3 Å². The first kappa shape index (κ1) is 12.1. The van der Waals surface area contributed by atoms with Gasteiger partial charge in [-0.05, 0) is 48.7 Å². The summed E-state index contributed by atoms with van der Waals surface area (Å²) in [7, 11) is 0. The summed E-state index contributed by atoms with van der Waals surface area (Å²) in [5.41, 5.74) is 2.76. The first-order chi connectivity index (χ1) is 8.24. The minimum Gasteiger partial charge on any atom is -0.310 e. The van der Waals surface area contributed by atoms with Crippen LogP contribution in [-0.2, 0) is 0 Å². The third kappa shape index (κ3) is 2.50. The van der Waals surface area contributed by atoms with Gasteiger partial charge in [0.25, 0.3) is 0 Å². The molecule has 1 nitrogen and oxygen atoms in total. The van der Waals surface area contributed by atoms with Crippen LogP contribution < -0.4 is 5.32 Å². The Kier molecular flexibility index (Phi) is 3.80. The van der Waals surface area contributed by atoms with Gasteiger partial charge < -0.3 is 5.32 Å². The van der Waals surface area contributed by atoms with Crippen molar-refractivity contribution in [2.75, 3.05) is 6.54 Å². The molecule has 0 bridgehead atoms. The predicted octanol–water partition coefficient (Wildman–Crippen LogP) is 4.21. The fourth-order valence-electron chi connectivity index (χ4n) is 2.32. The Morgan fingerprint density at radius 3 is 2.47 bits per heavy atom. The molecule has 2 aromatic rings. The number of hydrogen-bond acceptors (Lipinski definition) is 1. The second kappa shape index (κ2) is 5.33. The van der Waals surface area contributed by atoms with Gasteiger partial charge in [0.2, 0.25) is 0 Å². The summed E-state index contributed by atoms with van der Waals surface area (Å²) in [4.78, 5) is 0. The Hall–Kier alpha value is -1.34. The van der Waals surface area contributed by atoms with Crippen molar-refractivity contribution in [3.05, 3.63) is 47.5 Å². The second-order valence-corrected chi connectivity index (χ2v) is 4.69. The van der Waals surface area contributed by atoms with Crippen molar-refractivity contribution in [2.24, 2.45) is 0 Å². The Labute approximate surface area is 104 Å². The van der Waals surface area contributed by atoms with Crippen molar-refractivity contribution in [1.29, 1.82) is 0 Å². The normalized spacial score (nSPS) is 12.9. The molecule has 0 heterocycles. The highest BCUT2D eigenvalue weighted by atomic mass is 14.9. The smallest absolute Gasteiger partial charge is 0.0297 e. The van der Waals surface area contributed by atoms with Crippen LogP contribution in [0.15, 0.2) is 36.4 Å². The van der Waals surface area contributed by atoms with Crippen molar-refractivity contribution < 1.29 is 0 Å². The van der Waals surface area contributed by atoms with Gasteiger partial charge >= 0.3 is 0 Å². The lowest BCUT2D eigenvalue weighted by atomic mass is 9.96. The third-order valence-corrected chi connectivity index (χ3v) is 3.34. The number of nitrogens with one attached hydrogen (secondary N) is 1. The molecule has 0 spiro atoms. The zero-order chi connectivity index (χ0) is 12.3. The highest BCUT2D eigenvalue weighted by Crippen LogP contribution is 2.26. The molecule has 0 aromatic heterocycles. The van der Waals surface area contributed by atoms with Gasteiger partial charge in [-0.3, -0.25) is 0 Å². The average molecular weight is 227 g/mol. The van der Waals surface area contributed by atoms with E-state index in [2.05, 4.69) is 62.5 Å². The van der Waals surface area contributed by atoms with Crippen molar-refractivity contribution in [1.82, 2.24) is 5.32 Å². The predicted molar refractivity (Wildman–Crippen MR) is 75.4 cm³/mol. The van der Waals surface area contributed by atoms with Crippen LogP contribution in [0.25, 0.3) is 10.8 Å². The summed E-state index contributed by atoms with van der Waals surface area (Å²) in [6.45, 7) is 7.69. The van der Waals surface area contributed by atoms with Crippen LogP contribution in [0.4, 0.5) is 0 Å². The van der Waals surface area contributed by atoms with E-state index >= 15 is 0 Å². The van der Waals surface area contributed by atoms with Gasteiger partial charge in [0.15, 0.2) is 0 Å². The summed E-state index contributed by atoms with van der Waals surface area (Å²) >= 11 is 0. The summed E-state index contributed by atoms with van der Waals surface area (Å²) in [5, 5.41) is 6.31. The quantitative estimate of drug-likeness (QED) is 0.825. The SMILES string of the molecule is CCCNC(C)c1ccc(C)c2ccccc12. The molecule has 0 aliphatic rings. The van der Waals surface area contributed by atoms with Gasteiger partial charge in [-0.15, -0.1) is 0 Å². The minimum absolute atomic E-state index is 0.417. The number of aryl methyl sites for hydroxylation is 1. The van der Waals surface area contributed by atoms with Gasteiger partial charge in [0.1, 0.15) is 0 Å². The molecular weight excluding hydrogens is 206 g/mol. The molecule has 0 saturated carbocycles. The fraction of sp³-hybridized carbons (Fsp3) is 0.375. The van der Waals surface area contributed by atoms with Gasteiger partial charge in [-0.2, -0.15) is 0 Å². The molecule has 2 aromatic carbocycles. The standard InChI is InChI=1S/C16H21N/c1-4-11-17-13(3)15-10-9-12(2)14-7-5-6-8-16(14)15/h5-10,13,17H,4,11H2,1-3H3. The first-order valence-corrected chi connectivity index (χ1v) is 6.45. The zero-order valence-corrected chi connectivity index (χ0v) is 11.0. The maximum atomic E-state index is 3.56. The summed E-state index contributed by atoms with van der Waals surface area (Å²) < 4.78 is 0. The first-order valence-electron chi connectivity index (χ1n) is 6.45. The monoisotopic (exact) mass is 227 g/mol. The topological polar surface area (TPSA) is 12.0 Å². The number of fused-ring (bicyclic) bond motifs is 1. The molecule has 0 aliphatic carbocycles. The Balaban J connectivity index is 2.44. The molecule has 0 saturated heterocycles. The minimum atomic E-state index is 0.417. The molecule has 1 heteroatoms. The van der Waals surface area contributed by atoms with Crippen LogP contribution in [0.3, 0.4) is 0 Å². The largest absolute Gasteiger partial charge is 0.310 e. The lowest BCUT2D eigenvalue weighted by molar-refractivity contribution is 0.574. The summed E-state index contributed by atoms with van der Waals surface area (Å²) in [5.74, 6) is 0. The van der Waals surface area contributed by atoms with Gasteiger partial charge in [0.05, 0.1) is 0 Å². The van der Waals surface area contributed by atoms with E-state index in [4.69, 9.17) is 0 Å². The lowest BCUT2D eigenvalue weighted by Crippen LogP contribution is -2.19. The molecule has 1 atom stereocenters. The molecule has 1 N–H and O–H groups in total. The van der Waals surface area contributed by atoms with Crippen LogP contribution in [-0.4, -0.2) is 6.54 Å². The van der Waals surface area contributed by atoms with Crippen molar-refractivity contribution in [2.45, 2.75) is 33.2 Å². The van der Waals surface area contributed by atoms with E-state index in [-0.39, 0.29) is 0 Å². The third-order valence-electron chi connectivity index (χ3n) is 3.34. The van der Waals surface area contributed by atoms with Gasteiger partial charge in [-0.25, -0.2) is 0 Å². The Bertz CT molecular complexity index is 502. The van der Waals surface area contributed by atoms with Crippen LogP contribution in [0.2, 0.25) is 0 Å². The van der Waals surface area contributed by atoms with Crippen LogP contribution in [0, 0.1) is 6.92 Å². The van der Waals surface area contributed by atoms with Crippen molar-refractivity contribution in [3.8, 4) is 0 Å². The van der Waals surface area contributed by atoms with Crippen LogP contribution >= 0.6 is 0 Å². The molecule has 0 aliphatic heterocycles. The Morgan fingerprint density at radius 2 is 1.76 bits per heavy atom. The van der Waals surface area contributed by atoms with Crippen LogP contribution in [0.1, 0.15) is 37.4 Å². The Morgan fingerprint density at radius 1 is 1.06 bits per heavy atom. The fourth-order valence-corrected chi connectivity index (χ4v) is 2.32. The van der Waals surface area contributed by atoms with Crippen molar-refractivity contribution in [3.63, 3.8) is 0 Å². The molecule has 0 radical (unpaired) electrons. The molecule has 17 heavy (non-hydrogen) atoms. The molecule has 0 fully saturated rings. The maximum absolute atomic E-state index is 3.56. The number of rotatable bonds is 4. The molecule has 2 rings (SSSR count). The molecule has 90 valence electrons. The lowest BCUT2D eigenvalue weighted by Gasteiger charge is -2.17. The highest BCUT2D eigenvalue weighted by Gasteiger charge is 2.09. The summed E-state index contributed by atoms with van der Waals surface area (Å²) in [6, 6.07) is 13.6. The van der Waals surface area contributed by atoms with Gasteiger partial charge in [0, 0.05) is 6.04 Å². The number of hydrogen-bond donors (Lipinski definition) is 1. The zero-order valence-electron chi connectivity index (χ0n) is 11.0. The molecular formula is C16H21N. The van der Waals surface area contributed by atoms with E-state index < -0.39 is 0 Å². The average Bonchev–Trinajstić information content (AvgIpc) is 2.37. The molecule has 0 amide bonds. The van der Waals surface area contributed by atoms with Crippen LogP contribution in [0.5, 0.6) is 0 Å². The van der Waals surface area contributed by atoms with E-state index in [9.17, 15) is 0 Å². The highest BCUT2D eigenvalue weighted by molar-refractivity contribution is 5.88. The van der Waals surface area contributed by atoms with E-state index in [0.717, 1.165) is 6.54 Å².